The summed E-state index contributed by atoms with van der Waals surface area (Å²) in [5.74, 6) is -1.15. The van der Waals surface area contributed by atoms with Crippen LogP contribution in [0.15, 0.2) is 27.4 Å². The fourth-order valence-corrected chi connectivity index (χ4v) is 1.77. The summed E-state index contributed by atoms with van der Waals surface area (Å²) >= 11 is 0. The van der Waals surface area contributed by atoms with Gasteiger partial charge in [-0.2, -0.15) is 0 Å². The molecule has 0 bridgehead atoms. The van der Waals surface area contributed by atoms with Crippen LogP contribution in [0.2, 0.25) is 0 Å². The average molecular weight is 294 g/mol. The summed E-state index contributed by atoms with van der Waals surface area (Å²) in [6.45, 7) is 1.90. The summed E-state index contributed by atoms with van der Waals surface area (Å²) in [4.78, 5) is 22.1. The Morgan fingerprint density at radius 3 is 2.76 bits per heavy atom. The van der Waals surface area contributed by atoms with Gasteiger partial charge in [-0.25, -0.2) is 4.79 Å². The largest absolute Gasteiger partial charge is 0.504 e. The third-order valence-corrected chi connectivity index (χ3v) is 2.68. The zero-order valence-electron chi connectivity index (χ0n) is 11.3. The normalized spacial score (nSPS) is 10.5. The van der Waals surface area contributed by atoms with Crippen molar-refractivity contribution in [2.24, 2.45) is 0 Å². The number of hydrogen-bond donors (Lipinski definition) is 2. The fourth-order valence-electron chi connectivity index (χ4n) is 1.77. The second-order valence-corrected chi connectivity index (χ2v) is 4.15. The summed E-state index contributed by atoms with van der Waals surface area (Å²) in [5, 5.41) is 18.8. The van der Waals surface area contributed by atoms with Gasteiger partial charge >= 0.3 is 11.6 Å². The number of aromatic hydroxyl groups is 1. The van der Waals surface area contributed by atoms with Crippen molar-refractivity contribution in [1.29, 1.82) is 0 Å². The molecule has 0 amide bonds. The molecule has 1 heterocycles. The van der Waals surface area contributed by atoms with Crippen LogP contribution in [0.25, 0.3) is 11.0 Å². The molecule has 2 rings (SSSR count). The highest BCUT2D eigenvalue weighted by Crippen LogP contribution is 2.33. The van der Waals surface area contributed by atoms with E-state index in [2.05, 4.69) is 0 Å². The lowest BCUT2D eigenvalue weighted by Gasteiger charge is -2.08. The Morgan fingerprint density at radius 2 is 2.10 bits per heavy atom. The van der Waals surface area contributed by atoms with Gasteiger partial charge < -0.3 is 24.1 Å². The smallest absolute Gasteiger partial charge is 0.383 e. The van der Waals surface area contributed by atoms with Crippen LogP contribution in [-0.4, -0.2) is 29.4 Å². The molecule has 0 aliphatic rings. The van der Waals surface area contributed by atoms with Crippen molar-refractivity contribution in [1.82, 2.24) is 0 Å². The van der Waals surface area contributed by atoms with E-state index in [1.807, 2.05) is 0 Å². The number of carbonyl (C=O) groups is 1. The number of carboxylic acid groups (broad SMARTS) is 1. The van der Waals surface area contributed by atoms with Crippen LogP contribution < -0.4 is 15.1 Å². The molecule has 7 nitrogen and oxygen atoms in total. The van der Waals surface area contributed by atoms with Crippen molar-refractivity contribution >= 4 is 16.9 Å². The minimum Gasteiger partial charge on any atom is -0.504 e. The number of hydrogen-bond acceptors (Lipinski definition) is 6. The molecule has 0 radical (unpaired) electrons. The number of benzene rings is 1. The van der Waals surface area contributed by atoms with Gasteiger partial charge in [-0.05, 0) is 19.1 Å². The molecular formula is C14H14O7. The van der Waals surface area contributed by atoms with Gasteiger partial charge in [-0.1, -0.05) is 0 Å². The Bertz CT molecular complexity index is 717. The molecule has 0 aliphatic heterocycles. The lowest BCUT2D eigenvalue weighted by atomic mass is 10.2. The highest BCUT2D eigenvalue weighted by molar-refractivity contribution is 5.86. The SMILES string of the molecule is CCOc1c(O)c2ccc(OCCC(=O)O)cc2oc1=O. The summed E-state index contributed by atoms with van der Waals surface area (Å²) in [5.41, 5.74) is -0.654. The van der Waals surface area contributed by atoms with Crippen molar-refractivity contribution in [3.8, 4) is 17.2 Å². The lowest BCUT2D eigenvalue weighted by molar-refractivity contribution is -0.137. The van der Waals surface area contributed by atoms with Gasteiger partial charge in [0, 0.05) is 6.07 Å². The predicted octanol–water partition coefficient (Wildman–Crippen LogP) is 1.75. The van der Waals surface area contributed by atoms with Crippen LogP contribution in [0.3, 0.4) is 0 Å². The first-order valence-corrected chi connectivity index (χ1v) is 6.30. The second-order valence-electron chi connectivity index (χ2n) is 4.15. The van der Waals surface area contributed by atoms with E-state index in [4.69, 9.17) is 19.0 Å². The van der Waals surface area contributed by atoms with Crippen molar-refractivity contribution in [2.45, 2.75) is 13.3 Å². The Morgan fingerprint density at radius 1 is 1.33 bits per heavy atom. The zero-order valence-corrected chi connectivity index (χ0v) is 11.3. The van der Waals surface area contributed by atoms with E-state index in [0.717, 1.165) is 0 Å². The lowest BCUT2D eigenvalue weighted by Crippen LogP contribution is -2.07. The maximum Gasteiger partial charge on any atom is 0.383 e. The summed E-state index contributed by atoms with van der Waals surface area (Å²) in [6, 6.07) is 4.46. The van der Waals surface area contributed by atoms with Gasteiger partial charge in [-0.15, -0.1) is 0 Å². The predicted molar refractivity (Wildman–Crippen MR) is 73.1 cm³/mol. The van der Waals surface area contributed by atoms with Crippen molar-refractivity contribution in [3.05, 3.63) is 28.6 Å². The zero-order chi connectivity index (χ0) is 15.4. The Labute approximate surface area is 119 Å². The third kappa shape index (κ3) is 3.25. The first-order chi connectivity index (χ1) is 10.0. The van der Waals surface area contributed by atoms with E-state index >= 15 is 0 Å². The van der Waals surface area contributed by atoms with Gasteiger partial charge in [0.2, 0.25) is 5.75 Å². The van der Waals surface area contributed by atoms with Gasteiger partial charge in [0.1, 0.15) is 11.3 Å². The van der Waals surface area contributed by atoms with E-state index in [1.54, 1.807) is 13.0 Å². The number of carboxylic acids is 1. The van der Waals surface area contributed by atoms with Crippen molar-refractivity contribution in [2.75, 3.05) is 13.2 Å². The Hall–Kier alpha value is -2.70. The second kappa shape index (κ2) is 6.17. The van der Waals surface area contributed by atoms with Crippen LogP contribution >= 0.6 is 0 Å². The van der Waals surface area contributed by atoms with Gasteiger partial charge in [0.15, 0.2) is 5.75 Å². The standard InChI is InChI=1S/C14H14O7/c1-2-19-13-12(17)9-4-3-8(20-6-5-11(15)16)7-10(9)21-14(13)18/h3-4,7,17H,2,5-6H2,1H3,(H,15,16). The first kappa shape index (κ1) is 14.7. The molecule has 112 valence electrons. The van der Waals surface area contributed by atoms with Crippen LogP contribution in [0.1, 0.15) is 13.3 Å². The van der Waals surface area contributed by atoms with E-state index in [1.165, 1.54) is 12.1 Å². The quantitative estimate of drug-likeness (QED) is 0.781. The maximum atomic E-state index is 11.7. The maximum absolute atomic E-state index is 11.7. The highest BCUT2D eigenvalue weighted by Gasteiger charge is 2.15. The Kier molecular flexibility index (Phi) is 4.32. The van der Waals surface area contributed by atoms with Crippen molar-refractivity contribution < 1.29 is 28.9 Å². The van der Waals surface area contributed by atoms with Gasteiger partial charge in [0.05, 0.1) is 25.0 Å². The molecular weight excluding hydrogens is 280 g/mol. The van der Waals surface area contributed by atoms with E-state index < -0.39 is 11.6 Å². The molecule has 0 fully saturated rings. The molecule has 0 saturated carbocycles. The number of ether oxygens (including phenoxy) is 2. The molecule has 0 atom stereocenters. The van der Waals surface area contributed by atoms with E-state index in [0.29, 0.717) is 11.1 Å². The van der Waals surface area contributed by atoms with Crippen LogP contribution in [0.5, 0.6) is 17.2 Å². The van der Waals surface area contributed by atoms with Crippen LogP contribution in [0.4, 0.5) is 0 Å². The monoisotopic (exact) mass is 294 g/mol. The van der Waals surface area contributed by atoms with E-state index in [9.17, 15) is 14.7 Å². The summed E-state index contributed by atoms with van der Waals surface area (Å²) in [7, 11) is 0. The molecule has 1 aromatic carbocycles. The van der Waals surface area contributed by atoms with Crippen LogP contribution in [-0.2, 0) is 4.79 Å². The topological polar surface area (TPSA) is 106 Å². The highest BCUT2D eigenvalue weighted by atomic mass is 16.5. The molecule has 0 spiro atoms. The van der Waals surface area contributed by atoms with Crippen LogP contribution in [0, 0.1) is 0 Å². The Balaban J connectivity index is 2.34. The summed E-state index contributed by atoms with van der Waals surface area (Å²) < 4.78 is 15.3. The first-order valence-electron chi connectivity index (χ1n) is 6.30. The van der Waals surface area contributed by atoms with E-state index in [-0.39, 0.29) is 36.7 Å². The van der Waals surface area contributed by atoms with Crippen molar-refractivity contribution in [3.63, 3.8) is 0 Å². The molecule has 1 aromatic heterocycles. The molecule has 2 aromatic rings. The minimum atomic E-state index is -0.971. The third-order valence-electron chi connectivity index (χ3n) is 2.68. The molecule has 0 aliphatic carbocycles. The fraction of sp³-hybridized carbons (Fsp3) is 0.286. The molecule has 0 saturated heterocycles. The van der Waals surface area contributed by atoms with Gasteiger partial charge in [-0.3, -0.25) is 4.79 Å². The number of fused-ring (bicyclic) bond motifs is 1. The molecule has 2 N–H and O–H groups in total. The number of rotatable bonds is 6. The van der Waals surface area contributed by atoms with Gasteiger partial charge in [0.25, 0.3) is 0 Å². The molecule has 0 unspecified atom stereocenters. The minimum absolute atomic E-state index is 0.00587. The molecule has 21 heavy (non-hydrogen) atoms. The average Bonchev–Trinajstić information content (AvgIpc) is 2.43. The molecule has 7 heteroatoms. The summed E-state index contributed by atoms with van der Waals surface area (Å²) in [6.07, 6.45) is -0.142. The number of aliphatic carboxylic acids is 1.